The van der Waals surface area contributed by atoms with Crippen molar-refractivity contribution >= 4 is 16.5 Å². The number of likely N-dealkylation sites (N-methyl/N-ethyl adjacent to an activating group) is 1. The summed E-state index contributed by atoms with van der Waals surface area (Å²) in [6.07, 6.45) is 3.94. The number of aromatic nitrogens is 1. The Labute approximate surface area is 116 Å². The lowest BCUT2D eigenvalue weighted by molar-refractivity contribution is -0.383. The van der Waals surface area contributed by atoms with Crippen molar-refractivity contribution in [3.8, 4) is 0 Å². The number of nitro groups is 1. The zero-order valence-electron chi connectivity index (χ0n) is 11.5. The lowest BCUT2D eigenvalue weighted by Crippen LogP contribution is -2.32. The van der Waals surface area contributed by atoms with Crippen molar-refractivity contribution < 1.29 is 9.66 Å². The van der Waals surface area contributed by atoms with Crippen molar-refractivity contribution in [3.63, 3.8) is 0 Å². The minimum Gasteiger partial charge on any atom is -0.383 e. The topological polar surface area (TPSA) is 77.3 Å². The monoisotopic (exact) mass is 275 g/mol. The number of pyridine rings is 1. The van der Waals surface area contributed by atoms with E-state index in [9.17, 15) is 10.1 Å². The molecule has 0 radical (unpaired) electrons. The highest BCUT2D eigenvalue weighted by molar-refractivity contribution is 5.92. The predicted octanol–water partition coefficient (Wildman–Crippen LogP) is 1.92. The van der Waals surface area contributed by atoms with Gasteiger partial charge in [-0.15, -0.1) is 0 Å². The summed E-state index contributed by atoms with van der Waals surface area (Å²) in [7, 11) is 3.53. The van der Waals surface area contributed by atoms with Gasteiger partial charge in [-0.05, 0) is 30.5 Å². The second-order valence-corrected chi connectivity index (χ2v) is 4.57. The van der Waals surface area contributed by atoms with Crippen molar-refractivity contribution in [1.82, 2.24) is 10.3 Å². The Kier molecular flexibility index (Phi) is 4.60. The summed E-state index contributed by atoms with van der Waals surface area (Å²) in [6.45, 7) is 0.583. The molecular formula is C14H17N3O3. The van der Waals surface area contributed by atoms with Gasteiger partial charge in [0.05, 0.1) is 16.9 Å². The molecular weight excluding hydrogens is 258 g/mol. The van der Waals surface area contributed by atoms with Crippen molar-refractivity contribution in [3.05, 3.63) is 46.3 Å². The zero-order chi connectivity index (χ0) is 14.5. The SMILES string of the molecule is CNC(COC)Cc1ccc([N+](=O)[O-])c2cnccc12. The van der Waals surface area contributed by atoms with E-state index in [2.05, 4.69) is 10.3 Å². The Balaban J connectivity index is 2.45. The maximum Gasteiger partial charge on any atom is 0.278 e. The molecule has 1 N–H and O–H groups in total. The Hall–Kier alpha value is -2.05. The van der Waals surface area contributed by atoms with Crippen molar-refractivity contribution in [1.29, 1.82) is 0 Å². The first-order valence-corrected chi connectivity index (χ1v) is 6.33. The summed E-state index contributed by atoms with van der Waals surface area (Å²) < 4.78 is 5.16. The second-order valence-electron chi connectivity index (χ2n) is 4.57. The molecule has 0 saturated heterocycles. The minimum atomic E-state index is -0.376. The lowest BCUT2D eigenvalue weighted by Gasteiger charge is -2.16. The summed E-state index contributed by atoms with van der Waals surface area (Å²) >= 11 is 0. The van der Waals surface area contributed by atoms with E-state index in [0.717, 1.165) is 17.4 Å². The number of benzene rings is 1. The van der Waals surface area contributed by atoms with Crippen molar-refractivity contribution in [2.45, 2.75) is 12.5 Å². The Bertz CT molecular complexity index is 616. The average Bonchev–Trinajstić information content (AvgIpc) is 2.46. The molecule has 1 atom stereocenters. The van der Waals surface area contributed by atoms with E-state index >= 15 is 0 Å². The van der Waals surface area contributed by atoms with Gasteiger partial charge in [0, 0.05) is 31.6 Å². The smallest absolute Gasteiger partial charge is 0.278 e. The molecule has 1 aromatic carbocycles. The number of nitrogens with one attached hydrogen (secondary N) is 1. The predicted molar refractivity (Wildman–Crippen MR) is 76.8 cm³/mol. The molecule has 0 aliphatic heterocycles. The standard InChI is InChI=1S/C14H17N3O3/c1-15-11(9-20-2)7-10-3-4-14(17(18)19)13-8-16-6-5-12(10)13/h3-6,8,11,15H,7,9H2,1-2H3. The van der Waals surface area contributed by atoms with Gasteiger partial charge in [0.15, 0.2) is 0 Å². The summed E-state index contributed by atoms with van der Waals surface area (Å²) in [5.74, 6) is 0. The molecule has 20 heavy (non-hydrogen) atoms. The van der Waals surface area contributed by atoms with Crippen LogP contribution in [0.4, 0.5) is 5.69 Å². The van der Waals surface area contributed by atoms with Crippen LogP contribution in [0.15, 0.2) is 30.6 Å². The quantitative estimate of drug-likeness (QED) is 0.643. The number of methoxy groups -OCH3 is 1. The maximum absolute atomic E-state index is 11.1. The number of nitro benzene ring substituents is 1. The van der Waals surface area contributed by atoms with Gasteiger partial charge in [-0.25, -0.2) is 0 Å². The number of non-ortho nitro benzene ring substituents is 1. The summed E-state index contributed by atoms with van der Waals surface area (Å²) in [4.78, 5) is 14.7. The van der Waals surface area contributed by atoms with Crippen molar-refractivity contribution in [2.24, 2.45) is 0 Å². The molecule has 0 bridgehead atoms. The summed E-state index contributed by atoms with van der Waals surface area (Å²) in [6, 6.07) is 5.33. The van der Waals surface area contributed by atoms with Crippen LogP contribution >= 0.6 is 0 Å². The van der Waals surface area contributed by atoms with Gasteiger partial charge in [-0.1, -0.05) is 6.07 Å². The molecule has 1 heterocycles. The van der Waals surface area contributed by atoms with E-state index < -0.39 is 0 Å². The van der Waals surface area contributed by atoms with Crippen LogP contribution in [0.3, 0.4) is 0 Å². The van der Waals surface area contributed by atoms with E-state index in [-0.39, 0.29) is 16.7 Å². The van der Waals surface area contributed by atoms with E-state index in [1.807, 2.05) is 13.1 Å². The van der Waals surface area contributed by atoms with E-state index in [1.54, 1.807) is 31.6 Å². The molecule has 2 aromatic rings. The highest BCUT2D eigenvalue weighted by Gasteiger charge is 2.16. The van der Waals surface area contributed by atoms with Crippen LogP contribution in [0.1, 0.15) is 5.56 Å². The summed E-state index contributed by atoms with van der Waals surface area (Å²) in [5, 5.41) is 15.7. The molecule has 6 nitrogen and oxygen atoms in total. The normalized spacial score (nSPS) is 12.5. The van der Waals surface area contributed by atoms with Gasteiger partial charge in [0.1, 0.15) is 0 Å². The number of hydrogen-bond donors (Lipinski definition) is 1. The van der Waals surface area contributed by atoms with E-state index in [4.69, 9.17) is 4.74 Å². The maximum atomic E-state index is 11.1. The second kappa shape index (κ2) is 6.40. The molecule has 0 aliphatic rings. The Morgan fingerprint density at radius 1 is 1.40 bits per heavy atom. The fraction of sp³-hybridized carbons (Fsp3) is 0.357. The highest BCUT2D eigenvalue weighted by Crippen LogP contribution is 2.28. The fourth-order valence-corrected chi connectivity index (χ4v) is 2.29. The van der Waals surface area contributed by atoms with Gasteiger partial charge in [0.25, 0.3) is 5.69 Å². The molecule has 0 fully saturated rings. The van der Waals surface area contributed by atoms with Crippen LogP contribution in [-0.4, -0.2) is 36.7 Å². The van der Waals surface area contributed by atoms with Crippen LogP contribution < -0.4 is 5.32 Å². The largest absolute Gasteiger partial charge is 0.383 e. The average molecular weight is 275 g/mol. The number of rotatable bonds is 6. The van der Waals surface area contributed by atoms with Crippen LogP contribution in [0.5, 0.6) is 0 Å². The number of nitrogens with zero attached hydrogens (tertiary/aromatic N) is 2. The third-order valence-electron chi connectivity index (χ3n) is 3.32. The molecule has 1 unspecified atom stereocenters. The Morgan fingerprint density at radius 2 is 2.20 bits per heavy atom. The molecule has 0 aliphatic carbocycles. The molecule has 1 aromatic heterocycles. The summed E-state index contributed by atoms with van der Waals surface area (Å²) in [5.41, 5.74) is 1.13. The molecule has 106 valence electrons. The van der Waals surface area contributed by atoms with Crippen LogP contribution in [-0.2, 0) is 11.2 Å². The Morgan fingerprint density at radius 3 is 2.85 bits per heavy atom. The molecule has 0 saturated carbocycles. The van der Waals surface area contributed by atoms with Gasteiger partial charge >= 0.3 is 0 Å². The zero-order valence-corrected chi connectivity index (χ0v) is 11.5. The van der Waals surface area contributed by atoms with Crippen LogP contribution in [0.25, 0.3) is 10.8 Å². The van der Waals surface area contributed by atoms with Gasteiger partial charge < -0.3 is 10.1 Å². The first kappa shape index (κ1) is 14.4. The first-order valence-electron chi connectivity index (χ1n) is 6.33. The number of fused-ring (bicyclic) bond motifs is 1. The van der Waals surface area contributed by atoms with Crippen molar-refractivity contribution in [2.75, 3.05) is 20.8 Å². The highest BCUT2D eigenvalue weighted by atomic mass is 16.6. The van der Waals surface area contributed by atoms with E-state index in [1.165, 1.54) is 0 Å². The lowest BCUT2D eigenvalue weighted by atomic mass is 9.99. The number of hydrogen-bond acceptors (Lipinski definition) is 5. The first-order chi connectivity index (χ1) is 9.67. The third-order valence-corrected chi connectivity index (χ3v) is 3.32. The molecule has 0 spiro atoms. The van der Waals surface area contributed by atoms with Gasteiger partial charge in [-0.2, -0.15) is 0 Å². The van der Waals surface area contributed by atoms with Gasteiger partial charge in [-0.3, -0.25) is 15.1 Å². The van der Waals surface area contributed by atoms with Gasteiger partial charge in [0.2, 0.25) is 0 Å². The fourth-order valence-electron chi connectivity index (χ4n) is 2.29. The van der Waals surface area contributed by atoms with Crippen LogP contribution in [0.2, 0.25) is 0 Å². The molecule has 0 amide bonds. The minimum absolute atomic E-state index is 0.0876. The van der Waals surface area contributed by atoms with Crippen LogP contribution in [0, 0.1) is 10.1 Å². The third kappa shape index (κ3) is 2.92. The molecule has 6 heteroatoms. The molecule has 2 rings (SSSR count). The number of ether oxygens (including phenoxy) is 1. The van der Waals surface area contributed by atoms with E-state index in [0.29, 0.717) is 12.0 Å².